The predicted molar refractivity (Wildman–Crippen MR) is 101 cm³/mol. The zero-order valence-electron chi connectivity index (χ0n) is 14.8. The molecular formula is C19H19ClN2O5. The Morgan fingerprint density at radius 1 is 1.04 bits per heavy atom. The minimum absolute atomic E-state index is 0.215. The van der Waals surface area contributed by atoms with Crippen LogP contribution in [0.1, 0.15) is 17.3 Å². The number of carbonyl (C=O) groups excluding carboxylic acids is 3. The van der Waals surface area contributed by atoms with Crippen LogP contribution in [0.5, 0.6) is 5.75 Å². The van der Waals surface area contributed by atoms with Crippen LogP contribution in [0.2, 0.25) is 5.02 Å². The normalized spacial score (nSPS) is 11.2. The topological polar surface area (TPSA) is 93.7 Å². The van der Waals surface area contributed by atoms with E-state index in [9.17, 15) is 14.4 Å². The van der Waals surface area contributed by atoms with E-state index >= 15 is 0 Å². The fourth-order valence-electron chi connectivity index (χ4n) is 2.05. The minimum Gasteiger partial charge on any atom is -0.481 e. The van der Waals surface area contributed by atoms with E-state index in [-0.39, 0.29) is 12.5 Å². The van der Waals surface area contributed by atoms with Crippen molar-refractivity contribution in [3.8, 4) is 5.75 Å². The molecule has 0 saturated carbocycles. The van der Waals surface area contributed by atoms with E-state index in [2.05, 4.69) is 15.4 Å². The zero-order chi connectivity index (χ0) is 19.8. The number of benzene rings is 2. The van der Waals surface area contributed by atoms with E-state index in [1.54, 1.807) is 43.3 Å². The van der Waals surface area contributed by atoms with Crippen LogP contribution in [0.15, 0.2) is 48.5 Å². The molecule has 0 heterocycles. The molecule has 27 heavy (non-hydrogen) atoms. The molecule has 0 aliphatic heterocycles. The molecule has 1 atom stereocenters. The third-order valence-electron chi connectivity index (χ3n) is 3.53. The van der Waals surface area contributed by atoms with Crippen molar-refractivity contribution in [2.45, 2.75) is 13.0 Å². The lowest BCUT2D eigenvalue weighted by Gasteiger charge is -2.15. The van der Waals surface area contributed by atoms with Gasteiger partial charge in [-0.05, 0) is 55.5 Å². The Balaban J connectivity index is 1.89. The Labute approximate surface area is 161 Å². The van der Waals surface area contributed by atoms with Crippen molar-refractivity contribution in [2.75, 3.05) is 19.0 Å². The molecule has 0 spiro atoms. The summed E-state index contributed by atoms with van der Waals surface area (Å²) < 4.78 is 10.0. The summed E-state index contributed by atoms with van der Waals surface area (Å²) in [6, 6.07) is 12.9. The quantitative estimate of drug-likeness (QED) is 0.709. The fraction of sp³-hybridized carbons (Fsp3) is 0.211. The summed E-state index contributed by atoms with van der Waals surface area (Å²) >= 11 is 5.81. The number of hydrogen-bond donors (Lipinski definition) is 2. The first-order chi connectivity index (χ1) is 12.9. The van der Waals surface area contributed by atoms with Gasteiger partial charge in [0.15, 0.2) is 6.10 Å². The summed E-state index contributed by atoms with van der Waals surface area (Å²) in [4.78, 5) is 35.2. The molecule has 0 saturated heterocycles. The maximum absolute atomic E-state index is 12.2. The number of halogens is 1. The molecule has 2 N–H and O–H groups in total. The van der Waals surface area contributed by atoms with E-state index in [1.807, 2.05) is 0 Å². The Morgan fingerprint density at radius 3 is 2.26 bits per heavy atom. The number of ether oxygens (including phenoxy) is 2. The van der Waals surface area contributed by atoms with Crippen LogP contribution in [0.4, 0.5) is 5.69 Å². The summed E-state index contributed by atoms with van der Waals surface area (Å²) in [7, 11) is 1.24. The van der Waals surface area contributed by atoms with Crippen LogP contribution < -0.4 is 15.4 Å². The maximum Gasteiger partial charge on any atom is 0.325 e. The fourth-order valence-corrected chi connectivity index (χ4v) is 2.17. The Morgan fingerprint density at radius 2 is 1.67 bits per heavy atom. The number of methoxy groups -OCH3 is 1. The van der Waals surface area contributed by atoms with E-state index in [0.717, 1.165) is 0 Å². The lowest BCUT2D eigenvalue weighted by atomic mass is 10.2. The van der Waals surface area contributed by atoms with Crippen LogP contribution in [0.25, 0.3) is 0 Å². The Hall–Kier alpha value is -3.06. The highest BCUT2D eigenvalue weighted by Crippen LogP contribution is 2.17. The van der Waals surface area contributed by atoms with E-state index in [1.165, 1.54) is 19.2 Å². The van der Waals surface area contributed by atoms with Gasteiger partial charge in [0.25, 0.3) is 11.8 Å². The van der Waals surface area contributed by atoms with Gasteiger partial charge >= 0.3 is 5.97 Å². The monoisotopic (exact) mass is 390 g/mol. The average Bonchev–Trinajstić information content (AvgIpc) is 2.68. The van der Waals surface area contributed by atoms with Crippen molar-refractivity contribution in [1.29, 1.82) is 0 Å². The average molecular weight is 391 g/mol. The van der Waals surface area contributed by atoms with Crippen LogP contribution >= 0.6 is 11.6 Å². The van der Waals surface area contributed by atoms with Gasteiger partial charge in [-0.2, -0.15) is 0 Å². The summed E-state index contributed by atoms with van der Waals surface area (Å²) in [6.45, 7) is 1.41. The molecule has 0 aromatic heterocycles. The standard InChI is InChI=1S/C19H19ClN2O5/c1-12(27-16-9-5-14(20)6-10-16)18(24)22-15-7-3-13(4-8-15)19(25)21-11-17(23)26-2/h3-10,12H,11H2,1-2H3,(H,21,25)(H,22,24). The molecule has 0 aliphatic carbocycles. The third-order valence-corrected chi connectivity index (χ3v) is 3.78. The molecule has 0 fully saturated rings. The van der Waals surface area contributed by atoms with Crippen molar-refractivity contribution >= 4 is 35.1 Å². The number of hydrogen-bond acceptors (Lipinski definition) is 5. The molecule has 2 aromatic rings. The first kappa shape index (κ1) is 20.3. The zero-order valence-corrected chi connectivity index (χ0v) is 15.6. The van der Waals surface area contributed by atoms with Gasteiger partial charge in [-0.15, -0.1) is 0 Å². The first-order valence-corrected chi connectivity index (χ1v) is 8.45. The van der Waals surface area contributed by atoms with Gasteiger partial charge in [0.05, 0.1) is 7.11 Å². The highest BCUT2D eigenvalue weighted by atomic mass is 35.5. The van der Waals surface area contributed by atoms with Crippen molar-refractivity contribution in [3.05, 3.63) is 59.1 Å². The van der Waals surface area contributed by atoms with Gasteiger partial charge in [-0.3, -0.25) is 14.4 Å². The van der Waals surface area contributed by atoms with Crippen molar-refractivity contribution in [2.24, 2.45) is 0 Å². The number of esters is 1. The highest BCUT2D eigenvalue weighted by Gasteiger charge is 2.15. The SMILES string of the molecule is COC(=O)CNC(=O)c1ccc(NC(=O)C(C)Oc2ccc(Cl)cc2)cc1. The van der Waals surface area contributed by atoms with Gasteiger partial charge in [0.1, 0.15) is 12.3 Å². The number of carbonyl (C=O) groups is 3. The lowest BCUT2D eigenvalue weighted by molar-refractivity contribution is -0.139. The van der Waals surface area contributed by atoms with Crippen LogP contribution in [-0.2, 0) is 14.3 Å². The molecule has 2 rings (SSSR count). The third kappa shape index (κ3) is 6.31. The second-order valence-corrected chi connectivity index (χ2v) is 5.98. The van der Waals surface area contributed by atoms with Crippen LogP contribution in [0.3, 0.4) is 0 Å². The number of amides is 2. The minimum atomic E-state index is -0.728. The Bertz CT molecular complexity index is 806. The second-order valence-electron chi connectivity index (χ2n) is 5.54. The molecule has 0 radical (unpaired) electrons. The van der Waals surface area contributed by atoms with Crippen LogP contribution in [-0.4, -0.2) is 37.5 Å². The number of anilines is 1. The summed E-state index contributed by atoms with van der Waals surface area (Å²) in [5.74, 6) is -0.771. The molecule has 1 unspecified atom stereocenters. The molecular weight excluding hydrogens is 372 g/mol. The summed E-state index contributed by atoms with van der Waals surface area (Å²) in [6.07, 6.45) is -0.728. The van der Waals surface area contributed by atoms with E-state index < -0.39 is 18.0 Å². The van der Waals surface area contributed by atoms with Crippen molar-refractivity contribution in [3.63, 3.8) is 0 Å². The molecule has 8 heteroatoms. The smallest absolute Gasteiger partial charge is 0.325 e. The molecule has 7 nitrogen and oxygen atoms in total. The molecule has 2 amide bonds. The highest BCUT2D eigenvalue weighted by molar-refractivity contribution is 6.30. The van der Waals surface area contributed by atoms with Gasteiger partial charge in [-0.25, -0.2) is 0 Å². The molecule has 142 valence electrons. The summed E-state index contributed by atoms with van der Waals surface area (Å²) in [5, 5.41) is 5.71. The van der Waals surface area contributed by atoms with Crippen molar-refractivity contribution in [1.82, 2.24) is 5.32 Å². The number of rotatable bonds is 7. The van der Waals surface area contributed by atoms with Gasteiger partial charge in [-0.1, -0.05) is 11.6 Å². The molecule has 0 aliphatic rings. The van der Waals surface area contributed by atoms with Crippen molar-refractivity contribution < 1.29 is 23.9 Å². The van der Waals surface area contributed by atoms with Gasteiger partial charge in [0.2, 0.25) is 0 Å². The predicted octanol–water partition coefficient (Wildman–Crippen LogP) is 2.65. The lowest BCUT2D eigenvalue weighted by Crippen LogP contribution is -2.30. The number of nitrogens with one attached hydrogen (secondary N) is 2. The summed E-state index contributed by atoms with van der Waals surface area (Å²) in [5.41, 5.74) is 0.860. The maximum atomic E-state index is 12.2. The van der Waals surface area contributed by atoms with Crippen LogP contribution in [0, 0.1) is 0 Å². The Kier molecular flexibility index (Phi) is 7.19. The molecule has 2 aromatic carbocycles. The molecule has 0 bridgehead atoms. The van der Waals surface area contributed by atoms with E-state index in [4.69, 9.17) is 16.3 Å². The van der Waals surface area contributed by atoms with Gasteiger partial charge in [0, 0.05) is 16.3 Å². The first-order valence-electron chi connectivity index (χ1n) is 8.07. The van der Waals surface area contributed by atoms with E-state index in [0.29, 0.717) is 22.0 Å². The van der Waals surface area contributed by atoms with Gasteiger partial charge < -0.3 is 20.1 Å². The second kappa shape index (κ2) is 9.59. The largest absolute Gasteiger partial charge is 0.481 e.